The van der Waals surface area contributed by atoms with Crippen LogP contribution in [0.5, 0.6) is 0 Å². The molecular formula is C41H24N2. The molecule has 0 radical (unpaired) electrons. The lowest BCUT2D eigenvalue weighted by Crippen LogP contribution is -1.93. The first-order valence-corrected chi connectivity index (χ1v) is 14.6. The van der Waals surface area contributed by atoms with Crippen LogP contribution < -0.4 is 0 Å². The molecule has 0 atom stereocenters. The van der Waals surface area contributed by atoms with Crippen molar-refractivity contribution in [3.05, 3.63) is 151 Å². The van der Waals surface area contributed by atoms with Crippen LogP contribution in [0.1, 0.15) is 5.56 Å². The summed E-state index contributed by atoms with van der Waals surface area (Å²) in [5.74, 6) is 0. The van der Waals surface area contributed by atoms with Gasteiger partial charge in [-0.15, -0.1) is 0 Å². The lowest BCUT2D eigenvalue weighted by atomic mass is 9.88. The molecule has 9 rings (SSSR count). The first-order chi connectivity index (χ1) is 21.3. The summed E-state index contributed by atoms with van der Waals surface area (Å²) in [7, 11) is 0. The third kappa shape index (κ3) is 3.34. The Bertz CT molecular complexity index is 2560. The Morgan fingerprint density at radius 2 is 0.930 bits per heavy atom. The second kappa shape index (κ2) is 9.05. The van der Waals surface area contributed by atoms with E-state index < -0.39 is 0 Å². The van der Waals surface area contributed by atoms with Gasteiger partial charge in [0, 0.05) is 21.8 Å². The topological polar surface area (TPSA) is 28.7 Å². The molecule has 0 aliphatic rings. The van der Waals surface area contributed by atoms with E-state index in [-0.39, 0.29) is 0 Å². The first kappa shape index (κ1) is 23.8. The van der Waals surface area contributed by atoms with Crippen molar-refractivity contribution in [3.63, 3.8) is 0 Å². The second-order valence-corrected chi connectivity index (χ2v) is 11.2. The highest BCUT2D eigenvalue weighted by atomic mass is 15.0. The van der Waals surface area contributed by atoms with E-state index in [0.717, 1.165) is 27.5 Å². The van der Waals surface area contributed by atoms with Crippen molar-refractivity contribution in [2.75, 3.05) is 0 Å². The molecule has 43 heavy (non-hydrogen) atoms. The minimum absolute atomic E-state index is 0.705. The van der Waals surface area contributed by atoms with Crippen molar-refractivity contribution in [2.24, 2.45) is 0 Å². The van der Waals surface area contributed by atoms with Crippen molar-refractivity contribution in [3.8, 4) is 34.0 Å². The number of benzene rings is 8. The van der Waals surface area contributed by atoms with E-state index in [1.165, 1.54) is 54.6 Å². The number of fused-ring (bicyclic) bond motifs is 2. The zero-order valence-electron chi connectivity index (χ0n) is 23.3. The van der Waals surface area contributed by atoms with Gasteiger partial charge in [-0.25, -0.2) is 0 Å². The fourth-order valence-electron chi connectivity index (χ4n) is 7.17. The molecule has 198 valence electrons. The number of nitriles is 1. The highest BCUT2D eigenvalue weighted by Crippen LogP contribution is 2.45. The minimum atomic E-state index is 0.705. The minimum Gasteiger partial charge on any atom is -0.309 e. The van der Waals surface area contributed by atoms with E-state index in [0.29, 0.717) is 5.56 Å². The van der Waals surface area contributed by atoms with Gasteiger partial charge in [0.15, 0.2) is 0 Å². The molecule has 0 bridgehead atoms. The number of aromatic nitrogens is 1. The summed E-state index contributed by atoms with van der Waals surface area (Å²) in [5.41, 5.74) is 8.98. The SMILES string of the molecule is N#Cc1ccc2c3c1ccc1c(-c4ccc(-c5cccc6ccccc56)c5ccccc45)ccc(c13)n2-c1ccccc1. The number of para-hydroxylation sites is 1. The Labute approximate surface area is 248 Å². The molecule has 0 aliphatic carbocycles. The van der Waals surface area contributed by atoms with Crippen LogP contribution in [0.2, 0.25) is 0 Å². The van der Waals surface area contributed by atoms with Gasteiger partial charge in [0.2, 0.25) is 0 Å². The number of nitrogens with zero attached hydrogens (tertiary/aromatic N) is 2. The smallest absolute Gasteiger partial charge is 0.0998 e. The quantitative estimate of drug-likeness (QED) is 0.203. The van der Waals surface area contributed by atoms with Crippen LogP contribution in [0.25, 0.3) is 82.1 Å². The van der Waals surface area contributed by atoms with Crippen LogP contribution in [-0.2, 0) is 0 Å². The van der Waals surface area contributed by atoms with Gasteiger partial charge < -0.3 is 4.57 Å². The molecule has 0 saturated heterocycles. The van der Waals surface area contributed by atoms with Gasteiger partial charge in [-0.2, -0.15) is 5.26 Å². The second-order valence-electron chi connectivity index (χ2n) is 11.2. The van der Waals surface area contributed by atoms with Crippen LogP contribution in [0.3, 0.4) is 0 Å². The van der Waals surface area contributed by atoms with Crippen LogP contribution >= 0.6 is 0 Å². The standard InChI is InChI=1S/C41H24N2/c42-25-27-17-23-38-40-30(27)18-21-37-36(22-24-39(41(37)40)43(38)28-11-2-1-3-12-28)35-20-19-34(32-14-6-7-15-33(32)35)31-16-8-10-26-9-4-5-13-29(26)31/h1-24H. The maximum absolute atomic E-state index is 9.97. The summed E-state index contributed by atoms with van der Waals surface area (Å²) < 4.78 is 2.33. The molecule has 2 heteroatoms. The van der Waals surface area contributed by atoms with E-state index in [4.69, 9.17) is 0 Å². The number of hydrogen-bond acceptors (Lipinski definition) is 1. The van der Waals surface area contributed by atoms with Gasteiger partial charge in [-0.05, 0) is 79.5 Å². The fourth-order valence-corrected chi connectivity index (χ4v) is 7.17. The Hall–Kier alpha value is -5.91. The lowest BCUT2D eigenvalue weighted by molar-refractivity contribution is 1.18. The van der Waals surface area contributed by atoms with Crippen molar-refractivity contribution in [1.82, 2.24) is 4.57 Å². The van der Waals surface area contributed by atoms with Crippen molar-refractivity contribution in [1.29, 1.82) is 5.26 Å². The molecule has 0 aliphatic heterocycles. The molecule has 2 nitrogen and oxygen atoms in total. The molecule has 0 fully saturated rings. The Balaban J connectivity index is 1.36. The largest absolute Gasteiger partial charge is 0.309 e. The highest BCUT2D eigenvalue weighted by molar-refractivity contribution is 6.28. The molecule has 0 unspecified atom stereocenters. The van der Waals surface area contributed by atoms with Crippen molar-refractivity contribution < 1.29 is 0 Å². The monoisotopic (exact) mass is 544 g/mol. The van der Waals surface area contributed by atoms with E-state index in [2.05, 4.69) is 144 Å². The highest BCUT2D eigenvalue weighted by Gasteiger charge is 2.21. The first-order valence-electron chi connectivity index (χ1n) is 14.6. The van der Waals surface area contributed by atoms with Gasteiger partial charge in [0.25, 0.3) is 0 Å². The maximum Gasteiger partial charge on any atom is 0.0998 e. The average molecular weight is 545 g/mol. The summed E-state index contributed by atoms with van der Waals surface area (Å²) in [6.45, 7) is 0. The van der Waals surface area contributed by atoms with Crippen molar-refractivity contribution >= 4 is 54.1 Å². The average Bonchev–Trinajstić information content (AvgIpc) is 3.42. The van der Waals surface area contributed by atoms with Gasteiger partial charge in [-0.1, -0.05) is 115 Å². The maximum atomic E-state index is 9.97. The zero-order chi connectivity index (χ0) is 28.5. The van der Waals surface area contributed by atoms with E-state index in [9.17, 15) is 5.26 Å². The molecule has 8 aromatic carbocycles. The molecule has 0 N–H and O–H groups in total. The fraction of sp³-hybridized carbons (Fsp3) is 0. The molecule has 0 spiro atoms. The summed E-state index contributed by atoms with van der Waals surface area (Å²) >= 11 is 0. The van der Waals surface area contributed by atoms with Crippen LogP contribution in [0, 0.1) is 11.3 Å². The van der Waals surface area contributed by atoms with Crippen LogP contribution in [0.15, 0.2) is 146 Å². The lowest BCUT2D eigenvalue weighted by Gasteiger charge is -2.16. The third-order valence-electron chi connectivity index (χ3n) is 9.02. The molecule has 0 amide bonds. The normalized spacial score (nSPS) is 11.7. The van der Waals surface area contributed by atoms with E-state index in [1.807, 2.05) is 12.1 Å². The van der Waals surface area contributed by atoms with Gasteiger partial charge in [-0.3, -0.25) is 0 Å². The van der Waals surface area contributed by atoms with Gasteiger partial charge in [0.1, 0.15) is 0 Å². The van der Waals surface area contributed by atoms with Crippen LogP contribution in [-0.4, -0.2) is 4.57 Å². The molecule has 9 aromatic rings. The summed E-state index contributed by atoms with van der Waals surface area (Å²) in [4.78, 5) is 0. The zero-order valence-corrected chi connectivity index (χ0v) is 23.3. The number of hydrogen-bond donors (Lipinski definition) is 0. The van der Waals surface area contributed by atoms with Gasteiger partial charge in [0.05, 0.1) is 22.7 Å². The molecule has 0 saturated carbocycles. The predicted molar refractivity (Wildman–Crippen MR) is 180 cm³/mol. The summed E-state index contributed by atoms with van der Waals surface area (Å²) in [6.07, 6.45) is 0. The van der Waals surface area contributed by atoms with Crippen LogP contribution in [0.4, 0.5) is 0 Å². The number of rotatable bonds is 3. The van der Waals surface area contributed by atoms with Crippen molar-refractivity contribution in [2.45, 2.75) is 0 Å². The van der Waals surface area contributed by atoms with Gasteiger partial charge >= 0.3 is 0 Å². The van der Waals surface area contributed by atoms with E-state index >= 15 is 0 Å². The molecular weight excluding hydrogens is 520 g/mol. The summed E-state index contributed by atoms with van der Waals surface area (Å²) in [6, 6.07) is 54.4. The Kier molecular flexibility index (Phi) is 5.00. The third-order valence-corrected chi connectivity index (χ3v) is 9.02. The molecule has 1 aromatic heterocycles. The Morgan fingerprint density at radius 3 is 1.67 bits per heavy atom. The predicted octanol–water partition coefficient (Wildman–Crippen LogP) is 10.9. The van der Waals surface area contributed by atoms with E-state index in [1.54, 1.807) is 0 Å². The Morgan fingerprint density at radius 1 is 0.395 bits per heavy atom. The summed E-state index contributed by atoms with van der Waals surface area (Å²) in [5, 5.41) is 19.5. The molecule has 1 heterocycles.